The molecule has 0 unspecified atom stereocenters. The largest absolute Gasteiger partial charge is 0.213 e. The van der Waals surface area contributed by atoms with Gasteiger partial charge < -0.3 is 0 Å². The van der Waals surface area contributed by atoms with Crippen molar-refractivity contribution in [1.82, 2.24) is 0 Å². The zero-order valence-electron chi connectivity index (χ0n) is 8.11. The van der Waals surface area contributed by atoms with Gasteiger partial charge in [-0.3, -0.25) is 0 Å². The molecule has 0 radical (unpaired) electrons. The van der Waals surface area contributed by atoms with Gasteiger partial charge in [0.1, 0.15) is 0 Å². The van der Waals surface area contributed by atoms with Crippen LogP contribution in [-0.4, -0.2) is 0 Å². The first-order valence-corrected chi connectivity index (χ1v) is 4.80. The minimum atomic E-state index is 1.02. The van der Waals surface area contributed by atoms with Crippen LogP contribution < -0.4 is 0 Å². The Morgan fingerprint density at radius 2 is 1.93 bits per heavy atom. The van der Waals surface area contributed by atoms with E-state index in [1.807, 2.05) is 6.08 Å². The molecule has 0 atom stereocenters. The second-order valence-electron chi connectivity index (χ2n) is 3.42. The lowest BCUT2D eigenvalue weighted by Crippen LogP contribution is -1.84. The Hall–Kier alpha value is -1.69. The van der Waals surface area contributed by atoms with E-state index in [0.717, 1.165) is 6.42 Å². The predicted octanol–water partition coefficient (Wildman–Crippen LogP) is 3.64. The van der Waals surface area contributed by atoms with Gasteiger partial charge in [-0.1, -0.05) is 36.9 Å². The molecule has 0 amide bonds. The summed E-state index contributed by atoms with van der Waals surface area (Å²) in [7, 11) is 0. The summed E-state index contributed by atoms with van der Waals surface area (Å²) in [6.45, 7) is 3.74. The van der Waals surface area contributed by atoms with Crippen molar-refractivity contribution >= 4 is 6.08 Å². The molecule has 0 saturated heterocycles. The van der Waals surface area contributed by atoms with Crippen molar-refractivity contribution in [2.45, 2.75) is 6.42 Å². The van der Waals surface area contributed by atoms with Crippen molar-refractivity contribution in [2.24, 2.45) is 0 Å². The van der Waals surface area contributed by atoms with Crippen LogP contribution in [0.1, 0.15) is 16.7 Å². The van der Waals surface area contributed by atoms with Crippen molar-refractivity contribution in [2.75, 3.05) is 0 Å². The van der Waals surface area contributed by atoms with Gasteiger partial charge in [-0.25, -0.2) is 12.1 Å². The molecule has 0 bridgehead atoms. The van der Waals surface area contributed by atoms with Crippen molar-refractivity contribution in [3.05, 3.63) is 71.8 Å². The smallest absolute Gasteiger partial charge is 0.0259 e. The van der Waals surface area contributed by atoms with Gasteiger partial charge in [-0.15, -0.1) is 0 Å². The first-order chi connectivity index (χ1) is 6.88. The first-order valence-electron chi connectivity index (χ1n) is 4.80. The van der Waals surface area contributed by atoms with Gasteiger partial charge in [-0.2, -0.15) is 17.7 Å². The Kier molecular flexibility index (Phi) is 2.55. The van der Waals surface area contributed by atoms with Gasteiger partial charge in [0.05, 0.1) is 0 Å². The van der Waals surface area contributed by atoms with Crippen LogP contribution in [0.25, 0.3) is 6.08 Å². The molecule has 2 aromatic rings. The number of hydrogen-bond acceptors (Lipinski definition) is 0. The van der Waals surface area contributed by atoms with Crippen LogP contribution in [-0.2, 0) is 6.42 Å². The molecule has 0 spiro atoms. The summed E-state index contributed by atoms with van der Waals surface area (Å²) in [5, 5.41) is 0. The van der Waals surface area contributed by atoms with Crippen molar-refractivity contribution in [1.29, 1.82) is 0 Å². The van der Waals surface area contributed by atoms with Crippen molar-refractivity contribution in [3.8, 4) is 0 Å². The average Bonchev–Trinajstić information content (AvgIpc) is 2.72. The molecule has 0 saturated carbocycles. The summed E-state index contributed by atoms with van der Waals surface area (Å²) in [5.74, 6) is 0. The molecule has 2 aromatic carbocycles. The minimum Gasteiger partial charge on any atom is -0.213 e. The molecule has 70 valence electrons. The fourth-order valence-electron chi connectivity index (χ4n) is 1.54. The van der Waals surface area contributed by atoms with Crippen molar-refractivity contribution in [3.63, 3.8) is 0 Å². The molecule has 0 heteroatoms. The fraction of sp³-hybridized carbons (Fsp3) is 0.0714. The molecule has 0 aliphatic rings. The number of benzene rings is 1. The van der Waals surface area contributed by atoms with Gasteiger partial charge >= 0.3 is 0 Å². The summed E-state index contributed by atoms with van der Waals surface area (Å²) < 4.78 is 0. The van der Waals surface area contributed by atoms with Crippen LogP contribution >= 0.6 is 0 Å². The molecule has 0 aliphatic heterocycles. The van der Waals surface area contributed by atoms with Crippen LogP contribution in [0.3, 0.4) is 0 Å². The monoisotopic (exact) mass is 181 g/mol. The van der Waals surface area contributed by atoms with Gasteiger partial charge in [-0.05, 0) is 17.5 Å². The lowest BCUT2D eigenvalue weighted by Gasteiger charge is -2.03. The average molecular weight is 181 g/mol. The maximum atomic E-state index is 3.74. The normalized spacial score (nSPS) is 10.0. The van der Waals surface area contributed by atoms with Crippen molar-refractivity contribution < 1.29 is 0 Å². The van der Waals surface area contributed by atoms with Crippen LogP contribution in [0, 0.1) is 0 Å². The third-order valence-electron chi connectivity index (χ3n) is 2.36. The highest BCUT2D eigenvalue weighted by molar-refractivity contribution is 5.47. The van der Waals surface area contributed by atoms with Crippen LogP contribution in [0.15, 0.2) is 55.1 Å². The Bertz CT molecular complexity index is 390. The van der Waals surface area contributed by atoms with Gasteiger partial charge in [0.25, 0.3) is 0 Å². The number of hydrogen-bond donors (Lipinski definition) is 0. The fourth-order valence-corrected chi connectivity index (χ4v) is 1.54. The Morgan fingerprint density at radius 1 is 1.14 bits per heavy atom. The maximum absolute atomic E-state index is 3.74. The zero-order chi connectivity index (χ0) is 9.80. The predicted molar refractivity (Wildman–Crippen MR) is 61.4 cm³/mol. The van der Waals surface area contributed by atoms with E-state index in [9.17, 15) is 0 Å². The van der Waals surface area contributed by atoms with Gasteiger partial charge in [0.2, 0.25) is 0 Å². The van der Waals surface area contributed by atoms with E-state index < -0.39 is 0 Å². The summed E-state index contributed by atoms with van der Waals surface area (Å²) >= 11 is 0. The van der Waals surface area contributed by atoms with Gasteiger partial charge in [0, 0.05) is 0 Å². The van der Waals surface area contributed by atoms with Crippen LogP contribution in [0.5, 0.6) is 0 Å². The quantitative estimate of drug-likeness (QED) is 0.634. The molecule has 0 fully saturated rings. The second kappa shape index (κ2) is 4.01. The Labute approximate surface area is 84.9 Å². The Morgan fingerprint density at radius 3 is 2.50 bits per heavy atom. The summed E-state index contributed by atoms with van der Waals surface area (Å²) in [6, 6.07) is 17.0. The van der Waals surface area contributed by atoms with Crippen LogP contribution in [0.4, 0.5) is 0 Å². The molecular weight excluding hydrogens is 168 g/mol. The zero-order valence-corrected chi connectivity index (χ0v) is 8.11. The molecule has 0 aromatic heterocycles. The Balaban J connectivity index is 2.14. The lowest BCUT2D eigenvalue weighted by atomic mass is 10.1. The third-order valence-corrected chi connectivity index (χ3v) is 2.36. The summed E-state index contributed by atoms with van der Waals surface area (Å²) in [4.78, 5) is 0. The number of rotatable bonds is 3. The molecule has 0 aliphatic carbocycles. The van der Waals surface area contributed by atoms with Gasteiger partial charge in [0.15, 0.2) is 0 Å². The molecule has 0 heterocycles. The standard InChI is InChI=1S/C14H13/c1-2-12-7-9-14(10-8-12)11-13-5-3-4-6-13/h2-10H,1,11H2/q-1. The molecule has 0 N–H and O–H groups in total. The third kappa shape index (κ3) is 1.97. The summed E-state index contributed by atoms with van der Waals surface area (Å²) in [5.41, 5.74) is 3.90. The molecule has 0 nitrogen and oxygen atoms in total. The minimum absolute atomic E-state index is 1.02. The topological polar surface area (TPSA) is 0 Å². The second-order valence-corrected chi connectivity index (χ2v) is 3.42. The van der Waals surface area contributed by atoms with E-state index in [1.165, 1.54) is 16.7 Å². The maximum Gasteiger partial charge on any atom is -0.0259 e. The SMILES string of the molecule is C=Cc1ccc(Cc2ccc[cH-]2)cc1. The van der Waals surface area contributed by atoms with E-state index in [2.05, 4.69) is 55.1 Å². The van der Waals surface area contributed by atoms with E-state index in [4.69, 9.17) is 0 Å². The first kappa shape index (κ1) is 8.89. The molecule has 14 heavy (non-hydrogen) atoms. The lowest BCUT2D eigenvalue weighted by molar-refractivity contribution is 1.21. The van der Waals surface area contributed by atoms with E-state index in [1.54, 1.807) is 0 Å². The van der Waals surface area contributed by atoms with Crippen LogP contribution in [0.2, 0.25) is 0 Å². The van der Waals surface area contributed by atoms with E-state index in [0.29, 0.717) is 0 Å². The molecular formula is C14H13-. The highest BCUT2D eigenvalue weighted by Crippen LogP contribution is 2.11. The van der Waals surface area contributed by atoms with E-state index >= 15 is 0 Å². The highest BCUT2D eigenvalue weighted by Gasteiger charge is 1.91. The van der Waals surface area contributed by atoms with E-state index in [-0.39, 0.29) is 0 Å². The molecule has 2 rings (SSSR count). The highest BCUT2D eigenvalue weighted by atomic mass is 14.0. The summed E-state index contributed by atoms with van der Waals surface area (Å²) in [6.07, 6.45) is 2.89.